The third-order valence-electron chi connectivity index (χ3n) is 3.33. The van der Waals surface area contributed by atoms with E-state index in [4.69, 9.17) is 5.73 Å². The molecule has 0 aliphatic heterocycles. The zero-order valence-electron chi connectivity index (χ0n) is 10.9. The average Bonchev–Trinajstić information content (AvgIpc) is 3.10. The molecule has 106 valence electrons. The van der Waals surface area contributed by atoms with Crippen molar-refractivity contribution in [3.63, 3.8) is 0 Å². The first-order valence-corrected chi connectivity index (χ1v) is 7.89. The number of sulfonamides is 1. The van der Waals surface area contributed by atoms with Gasteiger partial charge >= 0.3 is 0 Å². The van der Waals surface area contributed by atoms with Crippen LogP contribution in [-0.4, -0.2) is 24.7 Å². The van der Waals surface area contributed by atoms with Gasteiger partial charge in [0.15, 0.2) is 0 Å². The lowest BCUT2D eigenvalue weighted by Gasteiger charge is -2.23. The summed E-state index contributed by atoms with van der Waals surface area (Å²) in [6.45, 7) is 0.443. The minimum absolute atomic E-state index is 0.0404. The monoisotopic (exact) mass is 292 g/mol. The van der Waals surface area contributed by atoms with Crippen molar-refractivity contribution in [1.29, 1.82) is 0 Å². The van der Waals surface area contributed by atoms with Gasteiger partial charge in [0.05, 0.1) is 11.9 Å². The SMILES string of the molecule is NCc1ccc(N(C2CC2)S(=O)(=O)c2cn[nH]c2)cc1. The Morgan fingerprint density at radius 3 is 2.50 bits per heavy atom. The number of nitrogens with zero attached hydrogens (tertiary/aromatic N) is 2. The molecule has 1 aliphatic carbocycles. The zero-order chi connectivity index (χ0) is 14.2. The van der Waals surface area contributed by atoms with Gasteiger partial charge in [-0.25, -0.2) is 8.42 Å². The molecule has 0 spiro atoms. The number of anilines is 1. The van der Waals surface area contributed by atoms with Crippen LogP contribution in [0.5, 0.6) is 0 Å². The molecule has 1 aromatic heterocycles. The van der Waals surface area contributed by atoms with Gasteiger partial charge in [-0.3, -0.25) is 9.40 Å². The number of nitrogens with one attached hydrogen (secondary N) is 1. The summed E-state index contributed by atoms with van der Waals surface area (Å²) in [6.07, 6.45) is 4.50. The second-order valence-electron chi connectivity index (χ2n) is 4.84. The van der Waals surface area contributed by atoms with Crippen molar-refractivity contribution in [1.82, 2.24) is 10.2 Å². The van der Waals surface area contributed by atoms with Crippen molar-refractivity contribution in [2.45, 2.75) is 30.3 Å². The van der Waals surface area contributed by atoms with Gasteiger partial charge in [-0.15, -0.1) is 0 Å². The van der Waals surface area contributed by atoms with E-state index in [1.165, 1.54) is 16.7 Å². The van der Waals surface area contributed by atoms with Gasteiger partial charge in [0.25, 0.3) is 10.0 Å². The molecule has 6 nitrogen and oxygen atoms in total. The standard InChI is InChI=1S/C13H16N4O2S/c14-7-10-1-3-11(4-2-10)17(12-5-6-12)20(18,19)13-8-15-16-9-13/h1-4,8-9,12H,5-7,14H2,(H,15,16). The Morgan fingerprint density at radius 2 is 2.00 bits per heavy atom. The Balaban J connectivity index is 2.01. The van der Waals surface area contributed by atoms with Gasteiger partial charge in [-0.05, 0) is 30.5 Å². The maximum absolute atomic E-state index is 12.7. The number of benzene rings is 1. The van der Waals surface area contributed by atoms with Crippen LogP contribution in [0.2, 0.25) is 0 Å². The van der Waals surface area contributed by atoms with Crippen molar-refractivity contribution in [3.05, 3.63) is 42.2 Å². The van der Waals surface area contributed by atoms with E-state index in [0.29, 0.717) is 12.2 Å². The van der Waals surface area contributed by atoms with Crippen LogP contribution >= 0.6 is 0 Å². The van der Waals surface area contributed by atoms with E-state index in [0.717, 1.165) is 18.4 Å². The van der Waals surface area contributed by atoms with E-state index in [1.807, 2.05) is 12.1 Å². The van der Waals surface area contributed by atoms with Crippen LogP contribution in [-0.2, 0) is 16.6 Å². The topological polar surface area (TPSA) is 92.1 Å². The van der Waals surface area contributed by atoms with Crippen LogP contribution in [0.25, 0.3) is 0 Å². The molecule has 3 N–H and O–H groups in total. The highest BCUT2D eigenvalue weighted by Crippen LogP contribution is 2.36. The molecule has 20 heavy (non-hydrogen) atoms. The molecular weight excluding hydrogens is 276 g/mol. The summed E-state index contributed by atoms with van der Waals surface area (Å²) in [5.74, 6) is 0. The highest BCUT2D eigenvalue weighted by Gasteiger charge is 2.38. The first-order chi connectivity index (χ1) is 9.63. The Bertz CT molecular complexity index is 676. The van der Waals surface area contributed by atoms with Crippen molar-refractivity contribution in [2.24, 2.45) is 5.73 Å². The third-order valence-corrected chi connectivity index (χ3v) is 5.18. The molecule has 1 aliphatic rings. The summed E-state index contributed by atoms with van der Waals surface area (Å²) in [4.78, 5) is 0.187. The molecule has 1 heterocycles. The summed E-state index contributed by atoms with van der Waals surface area (Å²) in [5, 5.41) is 6.27. The molecule has 3 rings (SSSR count). The second-order valence-corrected chi connectivity index (χ2v) is 6.65. The first kappa shape index (κ1) is 13.1. The number of aromatic amines is 1. The summed E-state index contributed by atoms with van der Waals surface area (Å²) in [5.41, 5.74) is 7.22. The molecule has 0 bridgehead atoms. The van der Waals surface area contributed by atoms with Crippen molar-refractivity contribution >= 4 is 15.7 Å². The summed E-state index contributed by atoms with van der Waals surface area (Å²) in [6, 6.07) is 7.36. The molecular formula is C13H16N4O2S. The lowest BCUT2D eigenvalue weighted by molar-refractivity contribution is 0.590. The normalized spacial score (nSPS) is 15.2. The molecule has 1 fully saturated rings. The lowest BCUT2D eigenvalue weighted by atomic mass is 10.2. The van der Waals surface area contributed by atoms with Crippen LogP contribution in [0.15, 0.2) is 41.6 Å². The lowest BCUT2D eigenvalue weighted by Crippen LogP contribution is -2.32. The highest BCUT2D eigenvalue weighted by molar-refractivity contribution is 7.92. The maximum Gasteiger partial charge on any atom is 0.267 e. The predicted molar refractivity (Wildman–Crippen MR) is 75.6 cm³/mol. The van der Waals surface area contributed by atoms with Crippen molar-refractivity contribution in [2.75, 3.05) is 4.31 Å². The summed E-state index contributed by atoms with van der Waals surface area (Å²) < 4.78 is 26.8. The number of hydrogen-bond donors (Lipinski definition) is 2. The van der Waals surface area contributed by atoms with Gasteiger partial charge < -0.3 is 5.73 Å². The Labute approximate surface area is 117 Å². The van der Waals surface area contributed by atoms with Gasteiger partial charge in [0.2, 0.25) is 0 Å². The number of hydrogen-bond acceptors (Lipinski definition) is 4. The first-order valence-electron chi connectivity index (χ1n) is 6.45. The Hall–Kier alpha value is -1.86. The van der Waals surface area contributed by atoms with Crippen LogP contribution in [0.4, 0.5) is 5.69 Å². The smallest absolute Gasteiger partial charge is 0.267 e. The quantitative estimate of drug-likeness (QED) is 0.867. The Kier molecular flexibility index (Phi) is 3.23. The Morgan fingerprint density at radius 1 is 1.30 bits per heavy atom. The van der Waals surface area contributed by atoms with E-state index >= 15 is 0 Å². The largest absolute Gasteiger partial charge is 0.326 e. The number of aromatic nitrogens is 2. The zero-order valence-corrected chi connectivity index (χ0v) is 11.7. The molecule has 7 heteroatoms. The van der Waals surface area contributed by atoms with E-state index < -0.39 is 10.0 Å². The van der Waals surface area contributed by atoms with Crippen LogP contribution < -0.4 is 10.0 Å². The fourth-order valence-electron chi connectivity index (χ4n) is 2.13. The molecule has 0 unspecified atom stereocenters. The molecule has 0 radical (unpaired) electrons. The molecule has 0 saturated heterocycles. The molecule has 0 atom stereocenters. The van der Waals surface area contributed by atoms with Crippen molar-refractivity contribution in [3.8, 4) is 0 Å². The van der Waals surface area contributed by atoms with Crippen molar-refractivity contribution < 1.29 is 8.42 Å². The third kappa shape index (κ3) is 2.30. The van der Waals surface area contributed by atoms with E-state index in [2.05, 4.69) is 10.2 Å². The van der Waals surface area contributed by atoms with Gasteiger partial charge in [-0.1, -0.05) is 12.1 Å². The van der Waals surface area contributed by atoms with Gasteiger partial charge in [-0.2, -0.15) is 5.10 Å². The minimum atomic E-state index is -3.56. The second kappa shape index (κ2) is 4.92. The molecule has 1 saturated carbocycles. The van der Waals surface area contributed by atoms with Crippen LogP contribution in [0.3, 0.4) is 0 Å². The average molecular weight is 292 g/mol. The van der Waals surface area contributed by atoms with E-state index in [1.54, 1.807) is 12.1 Å². The summed E-state index contributed by atoms with van der Waals surface area (Å²) in [7, 11) is -3.56. The highest BCUT2D eigenvalue weighted by atomic mass is 32.2. The summed E-state index contributed by atoms with van der Waals surface area (Å²) >= 11 is 0. The van der Waals surface area contributed by atoms with Gasteiger partial charge in [0, 0.05) is 18.8 Å². The molecule has 1 aromatic carbocycles. The fourth-order valence-corrected chi connectivity index (χ4v) is 3.74. The predicted octanol–water partition coefficient (Wildman–Crippen LogP) is 1.23. The van der Waals surface area contributed by atoms with Gasteiger partial charge in [0.1, 0.15) is 4.90 Å². The maximum atomic E-state index is 12.7. The molecule has 0 amide bonds. The van der Waals surface area contributed by atoms with E-state index in [9.17, 15) is 8.42 Å². The van der Waals surface area contributed by atoms with E-state index in [-0.39, 0.29) is 10.9 Å². The van der Waals surface area contributed by atoms with Crippen LogP contribution in [0, 0.1) is 0 Å². The van der Waals surface area contributed by atoms with Crippen LogP contribution in [0.1, 0.15) is 18.4 Å². The number of nitrogens with two attached hydrogens (primary N) is 1. The number of rotatable bonds is 5. The fraction of sp³-hybridized carbons (Fsp3) is 0.308. The number of H-pyrrole nitrogens is 1. The molecule has 2 aromatic rings. The minimum Gasteiger partial charge on any atom is -0.326 e.